The molecule has 0 saturated heterocycles. The van der Waals surface area contributed by atoms with Crippen molar-refractivity contribution in [1.29, 1.82) is 0 Å². The van der Waals surface area contributed by atoms with Crippen LogP contribution in [0.1, 0.15) is 25.5 Å². The molecule has 3 rings (SSSR count). The third-order valence-electron chi connectivity index (χ3n) is 3.25. The zero-order chi connectivity index (χ0) is 14.7. The Labute approximate surface area is 127 Å². The SMILES string of the molecule is CCNC(C)c1ccnc(Sc2nnc3ccccn23)c1. The summed E-state index contributed by atoms with van der Waals surface area (Å²) in [4.78, 5) is 4.42. The van der Waals surface area contributed by atoms with E-state index in [-0.39, 0.29) is 0 Å². The van der Waals surface area contributed by atoms with E-state index in [1.54, 1.807) is 0 Å². The van der Waals surface area contributed by atoms with Crippen LogP contribution in [0.4, 0.5) is 0 Å². The molecule has 1 atom stereocenters. The maximum atomic E-state index is 4.42. The summed E-state index contributed by atoms with van der Waals surface area (Å²) in [5, 5.41) is 13.5. The van der Waals surface area contributed by atoms with Crippen molar-refractivity contribution in [3.05, 3.63) is 48.3 Å². The number of fused-ring (bicyclic) bond motifs is 1. The molecule has 5 nitrogen and oxygen atoms in total. The van der Waals surface area contributed by atoms with Crippen LogP contribution < -0.4 is 5.32 Å². The van der Waals surface area contributed by atoms with E-state index < -0.39 is 0 Å². The van der Waals surface area contributed by atoms with Gasteiger partial charge in [0.25, 0.3) is 0 Å². The summed E-state index contributed by atoms with van der Waals surface area (Å²) in [6.45, 7) is 5.20. The molecule has 3 heterocycles. The Morgan fingerprint density at radius 3 is 3.05 bits per heavy atom. The van der Waals surface area contributed by atoms with Gasteiger partial charge in [0.2, 0.25) is 5.16 Å². The summed E-state index contributed by atoms with van der Waals surface area (Å²) in [7, 11) is 0. The van der Waals surface area contributed by atoms with Crippen molar-refractivity contribution in [2.45, 2.75) is 30.1 Å². The Hall–Kier alpha value is -1.92. The molecular weight excluding hydrogens is 282 g/mol. The summed E-state index contributed by atoms with van der Waals surface area (Å²) in [5.41, 5.74) is 2.07. The van der Waals surface area contributed by atoms with Gasteiger partial charge in [-0.3, -0.25) is 4.40 Å². The Bertz CT molecular complexity index is 740. The third kappa shape index (κ3) is 3.06. The minimum absolute atomic E-state index is 0.312. The van der Waals surface area contributed by atoms with Crippen molar-refractivity contribution in [3.8, 4) is 0 Å². The zero-order valence-electron chi connectivity index (χ0n) is 12.0. The first-order valence-corrected chi connectivity index (χ1v) is 7.76. The van der Waals surface area contributed by atoms with E-state index >= 15 is 0 Å². The van der Waals surface area contributed by atoms with E-state index in [1.807, 2.05) is 41.1 Å². The highest BCUT2D eigenvalue weighted by Gasteiger charge is 2.10. The second-order valence-electron chi connectivity index (χ2n) is 4.72. The lowest BCUT2D eigenvalue weighted by molar-refractivity contribution is 0.596. The van der Waals surface area contributed by atoms with Gasteiger partial charge in [-0.05, 0) is 55.1 Å². The Kier molecular flexibility index (Phi) is 4.17. The summed E-state index contributed by atoms with van der Waals surface area (Å²) in [6.07, 6.45) is 3.80. The number of rotatable bonds is 5. The fraction of sp³-hybridized carbons (Fsp3) is 0.267. The highest BCUT2D eigenvalue weighted by molar-refractivity contribution is 7.99. The molecule has 0 aromatic carbocycles. The van der Waals surface area contributed by atoms with Crippen LogP contribution in [0.2, 0.25) is 0 Å². The molecule has 0 aliphatic rings. The topological polar surface area (TPSA) is 55.1 Å². The van der Waals surface area contributed by atoms with Crippen LogP contribution in [0.5, 0.6) is 0 Å². The van der Waals surface area contributed by atoms with Crippen molar-refractivity contribution in [1.82, 2.24) is 24.9 Å². The molecule has 0 radical (unpaired) electrons. The predicted molar refractivity (Wildman–Crippen MR) is 83.4 cm³/mol. The van der Waals surface area contributed by atoms with Gasteiger partial charge in [0.1, 0.15) is 5.03 Å². The van der Waals surface area contributed by atoms with Crippen molar-refractivity contribution >= 4 is 17.4 Å². The number of nitrogens with one attached hydrogen (secondary N) is 1. The maximum Gasteiger partial charge on any atom is 0.201 e. The Morgan fingerprint density at radius 1 is 1.29 bits per heavy atom. The molecule has 3 aromatic rings. The zero-order valence-corrected chi connectivity index (χ0v) is 12.8. The van der Waals surface area contributed by atoms with Crippen LogP contribution in [0, 0.1) is 0 Å². The van der Waals surface area contributed by atoms with Crippen molar-refractivity contribution in [2.24, 2.45) is 0 Å². The van der Waals surface area contributed by atoms with E-state index in [2.05, 4.69) is 40.4 Å². The molecule has 1 N–H and O–H groups in total. The molecular formula is C15H17N5S. The monoisotopic (exact) mass is 299 g/mol. The maximum absolute atomic E-state index is 4.42. The minimum Gasteiger partial charge on any atom is -0.310 e. The molecule has 0 fully saturated rings. The summed E-state index contributed by atoms with van der Waals surface area (Å²) in [6, 6.07) is 10.3. The number of nitrogens with zero attached hydrogens (tertiary/aromatic N) is 4. The fourth-order valence-electron chi connectivity index (χ4n) is 2.16. The first kappa shape index (κ1) is 14.0. The van der Waals surface area contributed by atoms with Gasteiger partial charge in [-0.25, -0.2) is 4.98 Å². The molecule has 1 unspecified atom stereocenters. The van der Waals surface area contributed by atoms with E-state index in [1.165, 1.54) is 17.3 Å². The highest BCUT2D eigenvalue weighted by Crippen LogP contribution is 2.26. The smallest absolute Gasteiger partial charge is 0.201 e. The first-order chi connectivity index (χ1) is 10.3. The largest absolute Gasteiger partial charge is 0.310 e. The van der Waals surface area contributed by atoms with Crippen LogP contribution >= 0.6 is 11.8 Å². The highest BCUT2D eigenvalue weighted by atomic mass is 32.2. The Balaban J connectivity index is 1.86. The Morgan fingerprint density at radius 2 is 2.19 bits per heavy atom. The number of pyridine rings is 2. The number of hydrogen-bond donors (Lipinski definition) is 1. The van der Waals surface area contributed by atoms with Gasteiger partial charge in [-0.15, -0.1) is 10.2 Å². The van der Waals surface area contributed by atoms with E-state index in [0.717, 1.165) is 22.4 Å². The normalized spacial score (nSPS) is 12.7. The standard InChI is InChI=1S/C15H17N5S/c1-3-16-11(2)12-7-8-17-14(10-12)21-15-19-18-13-6-4-5-9-20(13)15/h4-11,16H,3H2,1-2H3. The molecule has 0 aliphatic carbocycles. The van der Waals surface area contributed by atoms with Crippen LogP contribution in [0.3, 0.4) is 0 Å². The lowest BCUT2D eigenvalue weighted by atomic mass is 10.1. The predicted octanol–water partition coefficient (Wildman–Crippen LogP) is 2.95. The van der Waals surface area contributed by atoms with Gasteiger partial charge in [0, 0.05) is 18.4 Å². The van der Waals surface area contributed by atoms with Crippen molar-refractivity contribution in [2.75, 3.05) is 6.54 Å². The van der Waals surface area contributed by atoms with Crippen molar-refractivity contribution < 1.29 is 0 Å². The van der Waals surface area contributed by atoms with Crippen LogP contribution in [-0.2, 0) is 0 Å². The summed E-state index contributed by atoms with van der Waals surface area (Å²) < 4.78 is 1.97. The second-order valence-corrected chi connectivity index (χ2v) is 5.71. The molecule has 6 heteroatoms. The molecule has 108 valence electrons. The van der Waals surface area contributed by atoms with Gasteiger partial charge >= 0.3 is 0 Å². The average Bonchev–Trinajstić information content (AvgIpc) is 2.91. The van der Waals surface area contributed by atoms with Crippen LogP contribution in [0.15, 0.2) is 52.9 Å². The number of aromatic nitrogens is 4. The van der Waals surface area contributed by atoms with Gasteiger partial charge < -0.3 is 5.32 Å². The molecule has 0 bridgehead atoms. The lowest BCUT2D eigenvalue weighted by Crippen LogP contribution is -2.17. The van der Waals surface area contributed by atoms with Gasteiger partial charge in [-0.1, -0.05) is 13.0 Å². The van der Waals surface area contributed by atoms with Gasteiger partial charge in [0.05, 0.1) is 0 Å². The first-order valence-electron chi connectivity index (χ1n) is 6.95. The van der Waals surface area contributed by atoms with Crippen molar-refractivity contribution in [3.63, 3.8) is 0 Å². The summed E-state index contributed by atoms with van der Waals surface area (Å²) in [5.74, 6) is 0. The molecule has 21 heavy (non-hydrogen) atoms. The van der Waals surface area contributed by atoms with E-state index in [4.69, 9.17) is 0 Å². The average molecular weight is 299 g/mol. The van der Waals surface area contributed by atoms with Crippen LogP contribution in [-0.4, -0.2) is 26.1 Å². The molecule has 0 amide bonds. The molecule has 3 aromatic heterocycles. The number of hydrogen-bond acceptors (Lipinski definition) is 5. The quantitative estimate of drug-likeness (QED) is 0.785. The molecule has 0 spiro atoms. The van der Waals surface area contributed by atoms with Gasteiger partial charge in [-0.2, -0.15) is 0 Å². The lowest BCUT2D eigenvalue weighted by Gasteiger charge is -2.12. The van der Waals surface area contributed by atoms with E-state index in [9.17, 15) is 0 Å². The fourth-order valence-corrected chi connectivity index (χ4v) is 2.99. The van der Waals surface area contributed by atoms with Crippen LogP contribution in [0.25, 0.3) is 5.65 Å². The molecule has 0 aliphatic heterocycles. The molecule has 0 saturated carbocycles. The van der Waals surface area contributed by atoms with Gasteiger partial charge in [0.15, 0.2) is 5.65 Å². The summed E-state index contributed by atoms with van der Waals surface area (Å²) >= 11 is 1.52. The second kappa shape index (κ2) is 6.24. The minimum atomic E-state index is 0.312. The third-order valence-corrected chi connectivity index (χ3v) is 4.14. The van der Waals surface area contributed by atoms with E-state index in [0.29, 0.717) is 6.04 Å².